The number of amides is 3. The van der Waals surface area contributed by atoms with E-state index in [0.29, 0.717) is 22.9 Å². The lowest BCUT2D eigenvalue weighted by Crippen LogP contribution is -2.37. The van der Waals surface area contributed by atoms with E-state index in [1.807, 2.05) is 49.4 Å². The lowest BCUT2D eigenvalue weighted by Gasteiger charge is -2.10. The monoisotopic (exact) mass is 564 g/mol. The van der Waals surface area contributed by atoms with E-state index in [1.54, 1.807) is 24.3 Å². The third kappa shape index (κ3) is 8.88. The zero-order valence-electron chi connectivity index (χ0n) is 20.9. The molecule has 0 aliphatic heterocycles. The van der Waals surface area contributed by atoms with E-state index < -0.39 is 11.8 Å². The molecule has 3 aromatic carbocycles. The Hall–Kier alpha value is -3.98. The van der Waals surface area contributed by atoms with Gasteiger partial charge in [-0.05, 0) is 59.9 Å². The Kier molecular flexibility index (Phi) is 9.97. The van der Waals surface area contributed by atoms with Crippen LogP contribution in [-0.2, 0) is 20.9 Å². The van der Waals surface area contributed by atoms with Crippen LogP contribution in [0.15, 0.2) is 76.3 Å². The number of carbonyl (C=O) groups excluding carboxylic acids is 3. The standard InChI is InChI=1S/C28H29BrN4O4/c1-18(2)21-9-7-20(8-10-21)15-30-27(35)28(36)33-31-16-22-14-23(29)11-12-25(22)37-17-26(34)32-24-6-4-5-19(3)13-24/h4-14,16,18H,15,17H2,1-3H3,(H,30,35)(H,32,34)(H,33,36)/b31-16-. The van der Waals surface area contributed by atoms with E-state index in [1.165, 1.54) is 11.8 Å². The molecule has 3 amide bonds. The minimum atomic E-state index is -0.898. The van der Waals surface area contributed by atoms with Crippen LogP contribution in [0.3, 0.4) is 0 Å². The number of hydrogen-bond acceptors (Lipinski definition) is 5. The molecule has 0 aliphatic carbocycles. The van der Waals surface area contributed by atoms with Crippen LogP contribution < -0.4 is 20.8 Å². The number of benzene rings is 3. The van der Waals surface area contributed by atoms with Crippen LogP contribution in [0.1, 0.15) is 42.0 Å². The van der Waals surface area contributed by atoms with Crippen LogP contribution in [0, 0.1) is 6.92 Å². The van der Waals surface area contributed by atoms with Crippen molar-refractivity contribution in [2.24, 2.45) is 5.10 Å². The van der Waals surface area contributed by atoms with Gasteiger partial charge in [0.05, 0.1) is 6.21 Å². The molecule has 3 rings (SSSR count). The van der Waals surface area contributed by atoms with Gasteiger partial charge in [-0.25, -0.2) is 5.43 Å². The van der Waals surface area contributed by atoms with Crippen LogP contribution in [0.25, 0.3) is 0 Å². The number of hydrogen-bond donors (Lipinski definition) is 3. The van der Waals surface area contributed by atoms with E-state index >= 15 is 0 Å². The summed E-state index contributed by atoms with van der Waals surface area (Å²) in [6.07, 6.45) is 1.34. The van der Waals surface area contributed by atoms with Crippen LogP contribution in [0.2, 0.25) is 0 Å². The molecule has 0 saturated heterocycles. The van der Waals surface area contributed by atoms with Crippen molar-refractivity contribution >= 4 is 45.6 Å². The topological polar surface area (TPSA) is 109 Å². The van der Waals surface area contributed by atoms with Gasteiger partial charge < -0.3 is 15.4 Å². The molecular formula is C28H29BrN4O4. The number of ether oxygens (including phenoxy) is 1. The van der Waals surface area contributed by atoms with Gasteiger partial charge in [0, 0.05) is 22.3 Å². The van der Waals surface area contributed by atoms with Crippen LogP contribution in [-0.4, -0.2) is 30.5 Å². The van der Waals surface area contributed by atoms with Crippen molar-refractivity contribution in [2.45, 2.75) is 33.2 Å². The van der Waals surface area contributed by atoms with Crippen LogP contribution in [0.4, 0.5) is 5.69 Å². The molecule has 0 radical (unpaired) electrons. The SMILES string of the molecule is Cc1cccc(NC(=O)COc2ccc(Br)cc2/C=N\NC(=O)C(=O)NCc2ccc(C(C)C)cc2)c1. The van der Waals surface area contributed by atoms with Gasteiger partial charge in [0.25, 0.3) is 5.91 Å². The lowest BCUT2D eigenvalue weighted by molar-refractivity contribution is -0.139. The van der Waals surface area contributed by atoms with Gasteiger partial charge in [0.15, 0.2) is 6.61 Å². The molecule has 0 saturated carbocycles. The highest BCUT2D eigenvalue weighted by Gasteiger charge is 2.13. The number of nitrogens with one attached hydrogen (secondary N) is 3. The van der Waals surface area contributed by atoms with Crippen molar-refractivity contribution < 1.29 is 19.1 Å². The van der Waals surface area contributed by atoms with E-state index in [2.05, 4.69) is 50.9 Å². The number of rotatable bonds is 9. The average molecular weight is 565 g/mol. The molecule has 3 N–H and O–H groups in total. The fourth-order valence-electron chi connectivity index (χ4n) is 3.31. The molecule has 0 aliphatic rings. The molecule has 8 nitrogen and oxygen atoms in total. The third-order valence-corrected chi connectivity index (χ3v) is 5.80. The van der Waals surface area contributed by atoms with Crippen molar-refractivity contribution in [3.8, 4) is 5.75 Å². The Morgan fingerprint density at radius 2 is 1.76 bits per heavy atom. The maximum Gasteiger partial charge on any atom is 0.329 e. The van der Waals surface area contributed by atoms with Gasteiger partial charge in [0.1, 0.15) is 5.75 Å². The molecular weight excluding hydrogens is 536 g/mol. The number of halogens is 1. The van der Waals surface area contributed by atoms with E-state index in [4.69, 9.17) is 4.74 Å². The van der Waals surface area contributed by atoms with Gasteiger partial charge in [-0.1, -0.05) is 66.2 Å². The van der Waals surface area contributed by atoms with Gasteiger partial charge >= 0.3 is 11.8 Å². The molecule has 0 aromatic heterocycles. The van der Waals surface area contributed by atoms with E-state index in [9.17, 15) is 14.4 Å². The fourth-order valence-corrected chi connectivity index (χ4v) is 3.69. The summed E-state index contributed by atoms with van der Waals surface area (Å²) >= 11 is 3.38. The number of carbonyl (C=O) groups is 3. The van der Waals surface area contributed by atoms with Gasteiger partial charge in [0.2, 0.25) is 0 Å². The van der Waals surface area contributed by atoms with Crippen molar-refractivity contribution in [1.82, 2.24) is 10.7 Å². The highest BCUT2D eigenvalue weighted by molar-refractivity contribution is 9.10. The summed E-state index contributed by atoms with van der Waals surface area (Å²) in [4.78, 5) is 36.5. The maximum absolute atomic E-state index is 12.3. The largest absolute Gasteiger partial charge is 0.483 e. The lowest BCUT2D eigenvalue weighted by atomic mass is 10.0. The summed E-state index contributed by atoms with van der Waals surface area (Å²) in [5.41, 5.74) is 6.51. The van der Waals surface area contributed by atoms with Gasteiger partial charge in [-0.15, -0.1) is 0 Å². The molecule has 0 bridgehead atoms. The first-order valence-electron chi connectivity index (χ1n) is 11.7. The van der Waals surface area contributed by atoms with E-state index in [-0.39, 0.29) is 19.1 Å². The molecule has 0 heterocycles. The van der Waals surface area contributed by atoms with Gasteiger partial charge in [-0.3, -0.25) is 14.4 Å². The molecule has 0 atom stereocenters. The molecule has 37 heavy (non-hydrogen) atoms. The van der Waals surface area contributed by atoms with Crippen LogP contribution >= 0.6 is 15.9 Å². The Labute approximate surface area is 224 Å². The van der Waals surface area contributed by atoms with Crippen molar-refractivity contribution in [2.75, 3.05) is 11.9 Å². The second kappa shape index (κ2) is 13.4. The summed E-state index contributed by atoms with van der Waals surface area (Å²) in [5, 5.41) is 9.22. The minimum absolute atomic E-state index is 0.219. The van der Waals surface area contributed by atoms with Crippen molar-refractivity contribution in [3.05, 3.63) is 93.5 Å². The predicted octanol–water partition coefficient (Wildman–Crippen LogP) is 4.66. The summed E-state index contributed by atoms with van der Waals surface area (Å²) in [5.74, 6) is -1.22. The summed E-state index contributed by atoms with van der Waals surface area (Å²) in [6.45, 7) is 6.15. The molecule has 0 unspecified atom stereocenters. The zero-order chi connectivity index (χ0) is 26.8. The number of nitrogens with zero attached hydrogens (tertiary/aromatic N) is 1. The number of anilines is 1. The molecule has 3 aromatic rings. The molecule has 0 fully saturated rings. The van der Waals surface area contributed by atoms with Crippen molar-refractivity contribution in [1.29, 1.82) is 0 Å². The zero-order valence-corrected chi connectivity index (χ0v) is 22.5. The second-order valence-electron chi connectivity index (χ2n) is 8.67. The summed E-state index contributed by atoms with van der Waals surface area (Å²) in [7, 11) is 0. The first-order valence-corrected chi connectivity index (χ1v) is 12.5. The molecule has 9 heteroatoms. The number of aryl methyl sites for hydroxylation is 1. The Bertz CT molecular complexity index is 1290. The first-order chi connectivity index (χ1) is 17.7. The minimum Gasteiger partial charge on any atom is -0.483 e. The van der Waals surface area contributed by atoms with Gasteiger partial charge in [-0.2, -0.15) is 5.10 Å². The third-order valence-electron chi connectivity index (χ3n) is 5.31. The highest BCUT2D eigenvalue weighted by Crippen LogP contribution is 2.22. The van der Waals surface area contributed by atoms with E-state index in [0.717, 1.165) is 15.6 Å². The maximum atomic E-state index is 12.3. The van der Waals surface area contributed by atoms with Crippen LogP contribution in [0.5, 0.6) is 5.75 Å². The smallest absolute Gasteiger partial charge is 0.329 e. The second-order valence-corrected chi connectivity index (χ2v) is 9.58. The Morgan fingerprint density at radius 1 is 1.00 bits per heavy atom. The summed E-state index contributed by atoms with van der Waals surface area (Å²) in [6, 6.07) is 20.4. The predicted molar refractivity (Wildman–Crippen MR) is 148 cm³/mol. The Morgan fingerprint density at radius 3 is 2.46 bits per heavy atom. The average Bonchev–Trinajstić information content (AvgIpc) is 2.87. The fraction of sp³-hybridized carbons (Fsp3) is 0.214. The van der Waals surface area contributed by atoms with Crippen molar-refractivity contribution in [3.63, 3.8) is 0 Å². The normalized spacial score (nSPS) is 10.8. The Balaban J connectivity index is 1.52. The molecule has 192 valence electrons. The molecule has 0 spiro atoms. The quantitative estimate of drug-likeness (QED) is 0.199. The highest BCUT2D eigenvalue weighted by atomic mass is 79.9. The summed E-state index contributed by atoms with van der Waals surface area (Å²) < 4.78 is 6.40. The number of hydrazone groups is 1. The first kappa shape index (κ1) is 27.6.